The SMILES string of the molecule is CC(=O)Nc1nc(CSc2nnc(-c3ccccc3Cl)n2N)cs1. The van der Waals surface area contributed by atoms with E-state index in [1.807, 2.05) is 23.6 Å². The van der Waals surface area contributed by atoms with E-state index in [0.717, 1.165) is 11.3 Å². The van der Waals surface area contributed by atoms with Crippen molar-refractivity contribution in [3.63, 3.8) is 0 Å². The summed E-state index contributed by atoms with van der Waals surface area (Å²) in [5, 5.41) is 14.4. The minimum absolute atomic E-state index is 0.144. The van der Waals surface area contributed by atoms with Gasteiger partial charge in [0.15, 0.2) is 11.0 Å². The fourth-order valence-electron chi connectivity index (χ4n) is 1.92. The highest BCUT2D eigenvalue weighted by molar-refractivity contribution is 7.98. The van der Waals surface area contributed by atoms with Gasteiger partial charge in [0.05, 0.1) is 10.7 Å². The van der Waals surface area contributed by atoms with Crippen LogP contribution in [0.4, 0.5) is 5.13 Å². The first kappa shape index (κ1) is 16.7. The highest BCUT2D eigenvalue weighted by Gasteiger charge is 2.15. The Balaban J connectivity index is 1.72. The molecule has 10 heteroatoms. The number of anilines is 1. The maximum Gasteiger partial charge on any atom is 0.223 e. The minimum atomic E-state index is -0.144. The fraction of sp³-hybridized carbons (Fsp3) is 0.143. The number of thioether (sulfide) groups is 1. The van der Waals surface area contributed by atoms with Crippen molar-refractivity contribution in [3.8, 4) is 11.4 Å². The van der Waals surface area contributed by atoms with Crippen LogP contribution < -0.4 is 11.2 Å². The van der Waals surface area contributed by atoms with Gasteiger partial charge in [-0.15, -0.1) is 21.5 Å². The number of nitrogens with zero attached hydrogens (tertiary/aromatic N) is 4. The van der Waals surface area contributed by atoms with Crippen LogP contribution in [0.5, 0.6) is 0 Å². The van der Waals surface area contributed by atoms with Crippen LogP contribution >= 0.6 is 34.7 Å². The topological polar surface area (TPSA) is 98.7 Å². The molecule has 3 N–H and O–H groups in total. The maximum absolute atomic E-state index is 11.0. The predicted octanol–water partition coefficient (Wildman–Crippen LogP) is 3.02. The van der Waals surface area contributed by atoms with E-state index in [9.17, 15) is 4.79 Å². The van der Waals surface area contributed by atoms with Gasteiger partial charge in [0.25, 0.3) is 0 Å². The van der Waals surface area contributed by atoms with Crippen LogP contribution in [-0.2, 0) is 10.5 Å². The lowest BCUT2D eigenvalue weighted by molar-refractivity contribution is -0.114. The first-order valence-corrected chi connectivity index (χ1v) is 9.09. The van der Waals surface area contributed by atoms with Crippen LogP contribution in [0.1, 0.15) is 12.6 Å². The highest BCUT2D eigenvalue weighted by atomic mass is 35.5. The predicted molar refractivity (Wildman–Crippen MR) is 96.6 cm³/mol. The van der Waals surface area contributed by atoms with Crippen molar-refractivity contribution >= 4 is 45.7 Å². The zero-order valence-electron chi connectivity index (χ0n) is 12.6. The smallest absolute Gasteiger partial charge is 0.223 e. The number of carbonyl (C=O) groups excluding carboxylic acids is 1. The summed E-state index contributed by atoms with van der Waals surface area (Å²) in [7, 11) is 0. The van der Waals surface area contributed by atoms with Crippen molar-refractivity contribution in [1.82, 2.24) is 19.9 Å². The van der Waals surface area contributed by atoms with Crippen molar-refractivity contribution < 1.29 is 4.79 Å². The average Bonchev–Trinajstić information content (AvgIpc) is 3.12. The zero-order chi connectivity index (χ0) is 17.1. The number of aromatic nitrogens is 4. The summed E-state index contributed by atoms with van der Waals surface area (Å²) >= 11 is 8.95. The number of hydrogen-bond acceptors (Lipinski definition) is 7. The summed E-state index contributed by atoms with van der Waals surface area (Å²) < 4.78 is 1.41. The Kier molecular flexibility index (Phi) is 5.03. The molecule has 1 amide bonds. The van der Waals surface area contributed by atoms with Crippen LogP contribution in [0, 0.1) is 0 Å². The number of nitrogens with one attached hydrogen (secondary N) is 1. The molecule has 0 aliphatic carbocycles. The number of hydrogen-bond donors (Lipinski definition) is 2. The number of nitrogen functional groups attached to an aromatic ring is 1. The van der Waals surface area contributed by atoms with Crippen molar-refractivity contribution in [2.75, 3.05) is 11.2 Å². The minimum Gasteiger partial charge on any atom is -0.335 e. The number of amides is 1. The molecule has 124 valence electrons. The summed E-state index contributed by atoms with van der Waals surface area (Å²) in [5.74, 6) is 7.00. The van der Waals surface area contributed by atoms with Gasteiger partial charge in [-0.25, -0.2) is 9.66 Å². The Morgan fingerprint density at radius 3 is 2.96 bits per heavy atom. The van der Waals surface area contributed by atoms with Gasteiger partial charge in [0, 0.05) is 23.6 Å². The number of halogens is 1. The fourth-order valence-corrected chi connectivity index (χ4v) is 3.75. The number of thiazole rings is 1. The molecule has 0 bridgehead atoms. The normalized spacial score (nSPS) is 10.8. The maximum atomic E-state index is 11.0. The monoisotopic (exact) mass is 380 g/mol. The lowest BCUT2D eigenvalue weighted by Gasteiger charge is -2.04. The van der Waals surface area contributed by atoms with Gasteiger partial charge < -0.3 is 11.2 Å². The van der Waals surface area contributed by atoms with Gasteiger partial charge in [0.1, 0.15) is 0 Å². The van der Waals surface area contributed by atoms with Crippen LogP contribution in [0.2, 0.25) is 5.02 Å². The molecule has 0 aliphatic heterocycles. The molecular formula is C14H13ClN6OS2. The summed E-state index contributed by atoms with van der Waals surface area (Å²) in [5.41, 5.74) is 1.55. The van der Waals surface area contributed by atoms with Crippen LogP contribution in [0.15, 0.2) is 34.8 Å². The van der Waals surface area contributed by atoms with Gasteiger partial charge in [-0.05, 0) is 12.1 Å². The lowest BCUT2D eigenvalue weighted by atomic mass is 10.2. The van der Waals surface area contributed by atoms with Crippen LogP contribution in [0.25, 0.3) is 11.4 Å². The van der Waals surface area contributed by atoms with Gasteiger partial charge in [-0.3, -0.25) is 4.79 Å². The van der Waals surface area contributed by atoms with Gasteiger partial charge in [-0.2, -0.15) is 0 Å². The Hall–Kier alpha value is -2.10. The van der Waals surface area contributed by atoms with Crippen molar-refractivity contribution in [1.29, 1.82) is 0 Å². The Morgan fingerprint density at radius 1 is 1.42 bits per heavy atom. The van der Waals surface area contributed by atoms with Gasteiger partial charge in [0.2, 0.25) is 11.1 Å². The first-order valence-electron chi connectivity index (χ1n) is 6.85. The molecule has 0 spiro atoms. The third-order valence-electron chi connectivity index (χ3n) is 2.96. The lowest BCUT2D eigenvalue weighted by Crippen LogP contribution is -2.11. The first-order chi connectivity index (χ1) is 11.5. The second-order valence-electron chi connectivity index (χ2n) is 4.77. The molecule has 2 heterocycles. The Bertz CT molecular complexity index is 878. The molecule has 3 aromatic rings. The molecule has 0 saturated heterocycles. The number of rotatable bonds is 5. The van der Waals surface area contributed by atoms with Crippen molar-refractivity contribution in [2.45, 2.75) is 17.8 Å². The molecule has 0 saturated carbocycles. The third kappa shape index (κ3) is 3.69. The van der Waals surface area contributed by atoms with Gasteiger partial charge in [-0.1, -0.05) is 35.5 Å². The quantitative estimate of drug-likeness (QED) is 0.521. The van der Waals surface area contributed by atoms with E-state index in [-0.39, 0.29) is 5.91 Å². The van der Waals surface area contributed by atoms with Gasteiger partial charge >= 0.3 is 0 Å². The number of carbonyl (C=O) groups is 1. The van der Waals surface area contributed by atoms with E-state index < -0.39 is 0 Å². The highest BCUT2D eigenvalue weighted by Crippen LogP contribution is 2.29. The molecule has 0 radical (unpaired) electrons. The largest absolute Gasteiger partial charge is 0.335 e. The molecular weight excluding hydrogens is 368 g/mol. The Labute approximate surface area is 151 Å². The summed E-state index contributed by atoms with van der Waals surface area (Å²) in [6.07, 6.45) is 0. The van der Waals surface area contributed by atoms with E-state index >= 15 is 0 Å². The van der Waals surface area contributed by atoms with E-state index in [1.165, 1.54) is 34.7 Å². The van der Waals surface area contributed by atoms with Crippen molar-refractivity contribution in [3.05, 3.63) is 40.4 Å². The molecule has 0 unspecified atom stereocenters. The summed E-state index contributed by atoms with van der Waals surface area (Å²) in [6.45, 7) is 1.45. The summed E-state index contributed by atoms with van der Waals surface area (Å²) in [6, 6.07) is 7.32. The second-order valence-corrected chi connectivity index (χ2v) is 6.98. The second kappa shape index (κ2) is 7.20. The molecule has 7 nitrogen and oxygen atoms in total. The number of benzene rings is 1. The third-order valence-corrected chi connectivity index (χ3v) is 5.08. The van der Waals surface area contributed by atoms with E-state index in [0.29, 0.717) is 26.9 Å². The molecule has 1 aromatic carbocycles. The molecule has 2 aromatic heterocycles. The molecule has 0 atom stereocenters. The zero-order valence-corrected chi connectivity index (χ0v) is 15.0. The molecule has 3 rings (SSSR count). The number of nitrogens with two attached hydrogens (primary N) is 1. The van der Waals surface area contributed by atoms with E-state index in [1.54, 1.807) is 6.07 Å². The molecule has 24 heavy (non-hydrogen) atoms. The van der Waals surface area contributed by atoms with Crippen LogP contribution in [-0.4, -0.2) is 25.8 Å². The molecule has 0 fully saturated rings. The van der Waals surface area contributed by atoms with E-state index in [2.05, 4.69) is 20.5 Å². The average molecular weight is 381 g/mol. The molecule has 0 aliphatic rings. The van der Waals surface area contributed by atoms with E-state index in [4.69, 9.17) is 17.4 Å². The van der Waals surface area contributed by atoms with Crippen molar-refractivity contribution in [2.24, 2.45) is 0 Å². The Morgan fingerprint density at radius 2 is 2.21 bits per heavy atom. The summed E-state index contributed by atoms with van der Waals surface area (Å²) in [4.78, 5) is 15.3. The standard InChI is InChI=1S/C14H13ClN6OS2/c1-8(22)17-13-18-9(6-23-13)7-24-14-20-19-12(21(14)16)10-4-2-3-5-11(10)15/h2-6H,7,16H2,1H3,(H,17,18,22). The van der Waals surface area contributed by atoms with Crippen LogP contribution in [0.3, 0.4) is 0 Å².